The molecule has 11 nitrogen and oxygen atoms in total. The normalized spacial score (nSPS) is 24.6. The number of hydrogen-bond donors (Lipinski definition) is 6. The molecule has 34 heavy (non-hydrogen) atoms. The van der Waals surface area contributed by atoms with Gasteiger partial charge in [0.15, 0.2) is 0 Å². The molecule has 1 aliphatic heterocycles. The van der Waals surface area contributed by atoms with E-state index in [9.17, 15) is 15.3 Å². The number of aromatic nitrogens is 3. The van der Waals surface area contributed by atoms with Gasteiger partial charge in [0, 0.05) is 36.7 Å². The second-order valence-electron chi connectivity index (χ2n) is 8.13. The fraction of sp³-hybridized carbons (Fsp3) is 0.364. The predicted molar refractivity (Wildman–Crippen MR) is 128 cm³/mol. The highest BCUT2D eigenvalue weighted by molar-refractivity contribution is 7.19. The van der Waals surface area contributed by atoms with E-state index in [1.165, 1.54) is 11.3 Å². The molecule has 3 aromatic rings. The van der Waals surface area contributed by atoms with Crippen LogP contribution in [0, 0.1) is 5.92 Å². The van der Waals surface area contributed by atoms with Crippen LogP contribution in [0.5, 0.6) is 5.88 Å². The minimum absolute atomic E-state index is 0.196. The molecule has 3 aromatic heterocycles. The summed E-state index contributed by atoms with van der Waals surface area (Å²) in [6.45, 7) is 0.140. The van der Waals surface area contributed by atoms with Crippen molar-refractivity contribution in [3.63, 3.8) is 0 Å². The molecule has 1 aliphatic carbocycles. The van der Waals surface area contributed by atoms with E-state index in [-0.39, 0.29) is 6.61 Å². The molecule has 2 aliphatic rings. The van der Waals surface area contributed by atoms with Crippen molar-refractivity contribution in [2.24, 2.45) is 10.9 Å². The van der Waals surface area contributed by atoms with Gasteiger partial charge in [-0.1, -0.05) is 0 Å². The van der Waals surface area contributed by atoms with Crippen LogP contribution >= 0.6 is 11.3 Å². The number of aliphatic imine (C=N–C) groups is 1. The topological polar surface area (TPSA) is 157 Å². The smallest absolute Gasteiger partial charge is 0.214 e. The highest BCUT2D eigenvalue weighted by Gasteiger charge is 2.41. The van der Waals surface area contributed by atoms with E-state index >= 15 is 0 Å². The van der Waals surface area contributed by atoms with Crippen molar-refractivity contribution in [1.82, 2.24) is 25.6 Å². The molecule has 4 atom stereocenters. The van der Waals surface area contributed by atoms with Crippen LogP contribution in [0.2, 0.25) is 0 Å². The summed E-state index contributed by atoms with van der Waals surface area (Å²) in [5.74, 6) is 1.19. The third-order valence-electron chi connectivity index (χ3n) is 5.96. The summed E-state index contributed by atoms with van der Waals surface area (Å²) in [7, 11) is 1.55. The van der Waals surface area contributed by atoms with Crippen molar-refractivity contribution in [2.75, 3.05) is 25.6 Å². The molecule has 12 heteroatoms. The van der Waals surface area contributed by atoms with Crippen LogP contribution in [0.15, 0.2) is 47.6 Å². The number of rotatable bonds is 6. The number of anilines is 1. The van der Waals surface area contributed by atoms with Gasteiger partial charge in [-0.3, -0.25) is 4.98 Å². The molecule has 1 fully saturated rings. The lowest BCUT2D eigenvalue weighted by atomic mass is 10.1. The van der Waals surface area contributed by atoms with Gasteiger partial charge >= 0.3 is 0 Å². The second kappa shape index (κ2) is 9.50. The number of nitrogens with one attached hydrogen (secondary N) is 3. The quantitative estimate of drug-likeness (QED) is 0.292. The Hall–Kier alpha value is -3.32. The molecule has 178 valence electrons. The van der Waals surface area contributed by atoms with Crippen molar-refractivity contribution in [3.05, 3.63) is 47.6 Å². The number of methoxy groups -OCH3 is 1. The van der Waals surface area contributed by atoms with Gasteiger partial charge in [-0.15, -0.1) is 11.3 Å². The van der Waals surface area contributed by atoms with Crippen molar-refractivity contribution in [3.8, 4) is 5.88 Å². The SMILES string of the molecule is COc1cc(NC2=NCC(c3nc4cnccc4s3)=C(N[C@@H]3C[C@H](CO)[C@@H](O)[C@H]3O)N2)ccn1. The maximum atomic E-state index is 10.6. The van der Waals surface area contributed by atoms with E-state index in [1.807, 2.05) is 6.07 Å². The van der Waals surface area contributed by atoms with Gasteiger partial charge in [0.2, 0.25) is 11.8 Å². The zero-order valence-electron chi connectivity index (χ0n) is 18.3. The van der Waals surface area contributed by atoms with Gasteiger partial charge in [-0.2, -0.15) is 0 Å². The average Bonchev–Trinajstić information content (AvgIpc) is 3.40. The average molecular weight is 484 g/mol. The van der Waals surface area contributed by atoms with E-state index in [4.69, 9.17) is 9.72 Å². The van der Waals surface area contributed by atoms with E-state index < -0.39 is 24.2 Å². The zero-order chi connectivity index (χ0) is 23.7. The third-order valence-corrected chi connectivity index (χ3v) is 7.06. The van der Waals surface area contributed by atoms with Crippen LogP contribution in [-0.4, -0.2) is 74.7 Å². The lowest BCUT2D eigenvalue weighted by Crippen LogP contribution is -2.47. The molecular weight excluding hydrogens is 458 g/mol. The minimum atomic E-state index is -1.02. The first-order valence-electron chi connectivity index (χ1n) is 10.8. The van der Waals surface area contributed by atoms with Crippen molar-refractivity contribution in [2.45, 2.75) is 24.7 Å². The van der Waals surface area contributed by atoms with Crippen LogP contribution in [0.3, 0.4) is 0 Å². The van der Waals surface area contributed by atoms with Crippen LogP contribution < -0.4 is 20.7 Å². The van der Waals surface area contributed by atoms with Crippen LogP contribution in [0.4, 0.5) is 5.69 Å². The molecule has 1 saturated carbocycles. The molecule has 0 spiro atoms. The van der Waals surface area contributed by atoms with E-state index in [0.29, 0.717) is 30.6 Å². The third kappa shape index (κ3) is 4.40. The molecule has 0 bridgehead atoms. The number of ether oxygens (including phenoxy) is 1. The first kappa shape index (κ1) is 22.5. The summed E-state index contributed by atoms with van der Waals surface area (Å²) < 4.78 is 6.19. The van der Waals surface area contributed by atoms with E-state index in [0.717, 1.165) is 26.5 Å². The lowest BCUT2D eigenvalue weighted by molar-refractivity contribution is 0.000577. The van der Waals surface area contributed by atoms with E-state index in [2.05, 4.69) is 30.9 Å². The fourth-order valence-electron chi connectivity index (χ4n) is 4.12. The largest absolute Gasteiger partial charge is 0.481 e. The van der Waals surface area contributed by atoms with Crippen LogP contribution in [0.1, 0.15) is 11.4 Å². The Kier molecular flexibility index (Phi) is 6.28. The number of aliphatic hydroxyl groups is 3. The molecule has 0 aromatic carbocycles. The van der Waals surface area contributed by atoms with Crippen molar-refractivity contribution < 1.29 is 20.1 Å². The van der Waals surface area contributed by atoms with Gasteiger partial charge in [-0.05, 0) is 18.6 Å². The summed E-state index contributed by atoms with van der Waals surface area (Å²) in [5.41, 5.74) is 2.36. The van der Waals surface area contributed by atoms with Gasteiger partial charge in [0.25, 0.3) is 0 Å². The van der Waals surface area contributed by atoms with Crippen LogP contribution in [-0.2, 0) is 0 Å². The second-order valence-corrected chi connectivity index (χ2v) is 9.16. The Morgan fingerprint density at radius 3 is 2.88 bits per heavy atom. The summed E-state index contributed by atoms with van der Waals surface area (Å²) in [4.78, 5) is 17.6. The fourth-order valence-corrected chi connectivity index (χ4v) is 5.09. The number of hydrogen-bond acceptors (Lipinski definition) is 12. The monoisotopic (exact) mass is 483 g/mol. The Labute approximate surface area is 199 Å². The Morgan fingerprint density at radius 2 is 2.12 bits per heavy atom. The molecule has 0 amide bonds. The number of aliphatic hydroxyl groups excluding tert-OH is 3. The Bertz CT molecular complexity index is 1210. The summed E-state index contributed by atoms with van der Waals surface area (Å²) >= 11 is 1.53. The zero-order valence-corrected chi connectivity index (χ0v) is 19.2. The number of fused-ring (bicyclic) bond motifs is 1. The summed E-state index contributed by atoms with van der Waals surface area (Å²) in [5, 5.41) is 41.0. The Balaban J connectivity index is 1.44. The standard InChI is InChI=1S/C22H25N7O4S/c1-33-17-7-12(2-5-24-17)26-22-25-8-13(21-28-15-9-23-4-3-16(15)34-21)20(29-22)27-14-6-11(10-30)18(31)19(14)32/h2-5,7,9,11,14,18-19,27,30-32H,6,8,10H2,1H3,(H2,24,25,26,29)/t11-,14-,18-,19+/m1/s1. The predicted octanol–water partition coefficient (Wildman–Crippen LogP) is 0.527. The summed E-state index contributed by atoms with van der Waals surface area (Å²) in [6.07, 6.45) is 3.47. The van der Waals surface area contributed by atoms with Gasteiger partial charge < -0.3 is 36.0 Å². The highest BCUT2D eigenvalue weighted by atomic mass is 32.1. The number of guanidine groups is 1. The first-order chi connectivity index (χ1) is 16.6. The molecule has 0 radical (unpaired) electrons. The summed E-state index contributed by atoms with van der Waals surface area (Å²) in [6, 6.07) is 5.00. The maximum absolute atomic E-state index is 10.6. The molecule has 6 N–H and O–H groups in total. The van der Waals surface area contributed by atoms with Gasteiger partial charge in [0.05, 0.1) is 42.3 Å². The molecule has 4 heterocycles. The molecule has 5 rings (SSSR count). The van der Waals surface area contributed by atoms with Gasteiger partial charge in [0.1, 0.15) is 22.4 Å². The van der Waals surface area contributed by atoms with Crippen LogP contribution in [0.25, 0.3) is 15.8 Å². The van der Waals surface area contributed by atoms with Crippen molar-refractivity contribution in [1.29, 1.82) is 0 Å². The first-order valence-corrected chi connectivity index (χ1v) is 11.6. The number of pyridine rings is 2. The van der Waals surface area contributed by atoms with Gasteiger partial charge in [-0.25, -0.2) is 15.0 Å². The number of thiazole rings is 1. The molecule has 0 saturated heterocycles. The Morgan fingerprint density at radius 1 is 1.24 bits per heavy atom. The van der Waals surface area contributed by atoms with Crippen molar-refractivity contribution >= 4 is 38.8 Å². The lowest BCUT2D eigenvalue weighted by Gasteiger charge is -2.27. The highest BCUT2D eigenvalue weighted by Crippen LogP contribution is 2.31. The maximum Gasteiger partial charge on any atom is 0.214 e. The molecule has 0 unspecified atom stereocenters. The van der Waals surface area contributed by atoms with E-state index in [1.54, 1.807) is 37.8 Å². The number of nitrogens with zero attached hydrogens (tertiary/aromatic N) is 4. The molecular formula is C22H25N7O4S. The minimum Gasteiger partial charge on any atom is -0.481 e.